The van der Waals surface area contributed by atoms with Crippen molar-refractivity contribution >= 4 is 25.0 Å². The highest BCUT2D eigenvalue weighted by Gasteiger charge is 2.08. The molecule has 0 heterocycles. The zero-order chi connectivity index (χ0) is 12.0. The molecule has 0 aliphatic rings. The van der Waals surface area contributed by atoms with E-state index in [0.29, 0.717) is 22.8 Å². The molecular weight excluding hydrogens is 224 g/mol. The van der Waals surface area contributed by atoms with Crippen molar-refractivity contribution in [2.24, 2.45) is 0 Å². The zero-order valence-electron chi connectivity index (χ0n) is 9.27. The van der Waals surface area contributed by atoms with Crippen LogP contribution in [0.3, 0.4) is 0 Å². The van der Waals surface area contributed by atoms with Gasteiger partial charge in [-0.1, -0.05) is 12.2 Å². The summed E-state index contributed by atoms with van der Waals surface area (Å²) in [6.07, 6.45) is 4.48. The summed E-state index contributed by atoms with van der Waals surface area (Å²) < 4.78 is 10.3. The van der Waals surface area contributed by atoms with Crippen molar-refractivity contribution in [3.63, 3.8) is 0 Å². The van der Waals surface area contributed by atoms with Gasteiger partial charge >= 0.3 is 0 Å². The summed E-state index contributed by atoms with van der Waals surface area (Å²) in [5, 5.41) is 0. The van der Waals surface area contributed by atoms with Crippen molar-refractivity contribution < 1.29 is 14.3 Å². The van der Waals surface area contributed by atoms with E-state index >= 15 is 0 Å². The van der Waals surface area contributed by atoms with Crippen molar-refractivity contribution in [3.8, 4) is 11.5 Å². The van der Waals surface area contributed by atoms with Gasteiger partial charge < -0.3 is 9.47 Å². The maximum atomic E-state index is 10.9. The van der Waals surface area contributed by atoms with Crippen molar-refractivity contribution in [1.82, 2.24) is 0 Å². The predicted molar refractivity (Wildman–Crippen MR) is 67.8 cm³/mol. The highest BCUT2D eigenvalue weighted by Crippen LogP contribution is 2.30. The molecule has 0 atom stereocenters. The molecule has 0 aliphatic heterocycles. The first kappa shape index (κ1) is 12.6. The smallest absolute Gasteiger partial charge is 0.161 e. The molecule has 0 aliphatic carbocycles. The Hall–Kier alpha value is -1.42. The van der Waals surface area contributed by atoms with Crippen LogP contribution in [0.5, 0.6) is 11.5 Å². The van der Waals surface area contributed by atoms with Gasteiger partial charge in [0.25, 0.3) is 0 Å². The number of hydrogen-bond acceptors (Lipinski definition) is 4. The van der Waals surface area contributed by atoms with Gasteiger partial charge in [0.05, 0.1) is 14.2 Å². The highest BCUT2D eigenvalue weighted by molar-refractivity contribution is 7.80. The van der Waals surface area contributed by atoms with Crippen LogP contribution in [-0.2, 0) is 0 Å². The number of benzene rings is 1. The van der Waals surface area contributed by atoms with Gasteiger partial charge in [-0.15, -0.1) is 0 Å². The van der Waals surface area contributed by atoms with E-state index in [-0.39, 0.29) is 0 Å². The molecule has 0 aromatic heterocycles. The SMILES string of the molecule is COc1cc(C=O)c(C=CCS)cc1OC. The second-order valence-electron chi connectivity index (χ2n) is 3.04. The number of aldehydes is 1. The topological polar surface area (TPSA) is 35.5 Å². The van der Waals surface area contributed by atoms with Crippen LogP contribution in [0.15, 0.2) is 18.2 Å². The van der Waals surface area contributed by atoms with E-state index < -0.39 is 0 Å². The molecule has 3 nitrogen and oxygen atoms in total. The van der Waals surface area contributed by atoms with E-state index in [2.05, 4.69) is 12.6 Å². The lowest BCUT2D eigenvalue weighted by molar-refractivity contribution is 0.112. The van der Waals surface area contributed by atoms with E-state index in [9.17, 15) is 4.79 Å². The molecule has 4 heteroatoms. The Morgan fingerprint density at radius 3 is 2.19 bits per heavy atom. The average molecular weight is 238 g/mol. The second-order valence-corrected chi connectivity index (χ2v) is 3.40. The highest BCUT2D eigenvalue weighted by atomic mass is 32.1. The minimum atomic E-state index is 0.549. The normalized spacial score (nSPS) is 10.4. The van der Waals surface area contributed by atoms with E-state index in [1.807, 2.05) is 12.2 Å². The van der Waals surface area contributed by atoms with Crippen molar-refractivity contribution in [3.05, 3.63) is 29.3 Å². The molecule has 1 aromatic carbocycles. The quantitative estimate of drug-likeness (QED) is 0.632. The number of ether oxygens (including phenoxy) is 2. The molecule has 0 fully saturated rings. The molecule has 86 valence electrons. The summed E-state index contributed by atoms with van der Waals surface area (Å²) in [5.74, 6) is 1.77. The first-order valence-corrected chi connectivity index (χ1v) is 5.38. The van der Waals surface area contributed by atoms with E-state index in [0.717, 1.165) is 11.8 Å². The fraction of sp³-hybridized carbons (Fsp3) is 0.250. The molecule has 16 heavy (non-hydrogen) atoms. The third-order valence-electron chi connectivity index (χ3n) is 2.12. The number of hydrogen-bond donors (Lipinski definition) is 1. The lowest BCUT2D eigenvalue weighted by atomic mass is 10.1. The van der Waals surface area contributed by atoms with Gasteiger partial charge in [0.2, 0.25) is 0 Å². The molecule has 0 spiro atoms. The number of thiol groups is 1. The minimum absolute atomic E-state index is 0.549. The van der Waals surface area contributed by atoms with Gasteiger partial charge in [-0.25, -0.2) is 0 Å². The maximum Gasteiger partial charge on any atom is 0.161 e. The Morgan fingerprint density at radius 1 is 1.19 bits per heavy atom. The molecule has 0 saturated heterocycles. The molecule has 0 unspecified atom stereocenters. The lowest BCUT2D eigenvalue weighted by Crippen LogP contribution is -1.95. The first-order valence-electron chi connectivity index (χ1n) is 4.75. The van der Waals surface area contributed by atoms with Gasteiger partial charge in [-0.3, -0.25) is 4.79 Å². The van der Waals surface area contributed by atoms with Crippen molar-refractivity contribution in [2.75, 3.05) is 20.0 Å². The lowest BCUT2D eigenvalue weighted by Gasteiger charge is -2.09. The molecule has 0 amide bonds. The number of carbonyl (C=O) groups excluding carboxylic acids is 1. The van der Waals surface area contributed by atoms with Gasteiger partial charge in [-0.2, -0.15) is 12.6 Å². The van der Waals surface area contributed by atoms with Crippen LogP contribution in [0, 0.1) is 0 Å². The maximum absolute atomic E-state index is 10.9. The van der Waals surface area contributed by atoms with Crippen molar-refractivity contribution in [2.45, 2.75) is 0 Å². The summed E-state index contributed by atoms with van der Waals surface area (Å²) in [6.45, 7) is 0. The largest absolute Gasteiger partial charge is 0.493 e. The van der Waals surface area contributed by atoms with Gasteiger partial charge in [0.1, 0.15) is 0 Å². The molecule has 1 rings (SSSR count). The van der Waals surface area contributed by atoms with Gasteiger partial charge in [0, 0.05) is 11.3 Å². The van der Waals surface area contributed by atoms with Crippen molar-refractivity contribution in [1.29, 1.82) is 0 Å². The first-order chi connectivity index (χ1) is 7.76. The summed E-state index contributed by atoms with van der Waals surface area (Å²) in [6, 6.07) is 3.42. The molecule has 0 saturated carbocycles. The minimum Gasteiger partial charge on any atom is -0.493 e. The number of carbonyl (C=O) groups is 1. The van der Waals surface area contributed by atoms with Gasteiger partial charge in [-0.05, 0) is 17.7 Å². The summed E-state index contributed by atoms with van der Waals surface area (Å²) in [5.41, 5.74) is 1.36. The Kier molecular flexibility index (Phi) is 4.92. The third-order valence-corrected chi connectivity index (χ3v) is 2.33. The predicted octanol–water partition coefficient (Wildman–Crippen LogP) is 2.46. The molecule has 0 N–H and O–H groups in total. The second kappa shape index (κ2) is 6.23. The Morgan fingerprint density at radius 2 is 1.75 bits per heavy atom. The fourth-order valence-corrected chi connectivity index (χ4v) is 1.44. The van der Waals surface area contributed by atoms with E-state index in [1.54, 1.807) is 19.2 Å². The van der Waals surface area contributed by atoms with Crippen LogP contribution in [0.1, 0.15) is 15.9 Å². The van der Waals surface area contributed by atoms with Crippen LogP contribution < -0.4 is 9.47 Å². The summed E-state index contributed by atoms with van der Waals surface area (Å²) in [7, 11) is 3.10. The average Bonchev–Trinajstić information content (AvgIpc) is 2.35. The molecule has 0 bridgehead atoms. The fourth-order valence-electron chi connectivity index (χ4n) is 1.34. The Labute approximate surface area is 100 Å². The van der Waals surface area contributed by atoms with Crippen LogP contribution in [0.25, 0.3) is 6.08 Å². The Bertz CT molecular complexity index is 399. The molecular formula is C12H14O3S. The van der Waals surface area contributed by atoms with Crippen LogP contribution >= 0.6 is 12.6 Å². The number of methoxy groups -OCH3 is 2. The van der Waals surface area contributed by atoms with Crippen LogP contribution in [0.2, 0.25) is 0 Å². The number of rotatable bonds is 5. The zero-order valence-corrected chi connectivity index (χ0v) is 10.2. The monoisotopic (exact) mass is 238 g/mol. The van der Waals surface area contributed by atoms with E-state index in [1.165, 1.54) is 7.11 Å². The summed E-state index contributed by atoms with van der Waals surface area (Å²) in [4.78, 5) is 10.9. The summed E-state index contributed by atoms with van der Waals surface area (Å²) >= 11 is 4.07. The van der Waals surface area contributed by atoms with Crippen LogP contribution in [0.4, 0.5) is 0 Å². The molecule has 1 aromatic rings. The van der Waals surface area contributed by atoms with Crippen LogP contribution in [-0.4, -0.2) is 26.3 Å². The van der Waals surface area contributed by atoms with Gasteiger partial charge in [0.15, 0.2) is 17.8 Å². The standard InChI is InChI=1S/C12H14O3S/c1-14-11-6-9(4-3-5-16)10(8-13)7-12(11)15-2/h3-4,6-8,16H,5H2,1-2H3. The molecule has 0 radical (unpaired) electrons. The third kappa shape index (κ3) is 2.79. The van der Waals surface area contributed by atoms with E-state index in [4.69, 9.17) is 9.47 Å². The Balaban J connectivity index is 3.25.